The Labute approximate surface area is 140 Å². The van der Waals surface area contributed by atoms with Crippen LogP contribution in [0.5, 0.6) is 0 Å². The monoisotopic (exact) mass is 368 g/mol. The highest BCUT2D eigenvalue weighted by Crippen LogP contribution is 2.32. The second-order valence-electron chi connectivity index (χ2n) is 4.33. The maximum atomic E-state index is 9.03. The first-order chi connectivity index (χ1) is 11.1. The molecule has 2 rings (SSSR count). The lowest BCUT2D eigenvalue weighted by Crippen LogP contribution is -2.00. The van der Waals surface area contributed by atoms with Gasteiger partial charge in [0.2, 0.25) is 0 Å². The summed E-state index contributed by atoms with van der Waals surface area (Å²) in [5, 5.41) is 38.4. The van der Waals surface area contributed by atoms with E-state index in [0.717, 1.165) is 5.56 Å². The Hall–Kier alpha value is -3.05. The molecule has 0 amide bonds. The molecule has 0 aliphatic rings. The van der Waals surface area contributed by atoms with E-state index in [1.165, 1.54) is 0 Å². The largest absolute Gasteiger partial charge is 0.459 e. The number of furan rings is 1. The van der Waals surface area contributed by atoms with Gasteiger partial charge < -0.3 is 14.8 Å². The number of benzene rings is 1. The van der Waals surface area contributed by atoms with Gasteiger partial charge in [-0.15, -0.1) is 0 Å². The lowest BCUT2D eigenvalue weighted by Gasteiger charge is -2.07. The molecule has 2 N–H and O–H groups in total. The topological polar surface area (TPSA) is 117 Å². The van der Waals surface area contributed by atoms with E-state index in [-0.39, 0.29) is 17.9 Å². The fourth-order valence-corrected chi connectivity index (χ4v) is 2.40. The summed E-state index contributed by atoms with van der Waals surface area (Å²) in [6.07, 6.45) is 0. The number of anilines is 1. The lowest BCUT2D eigenvalue weighted by atomic mass is 10.1. The normalized spacial score (nSPS) is 9.35. The van der Waals surface area contributed by atoms with Crippen LogP contribution in [0.25, 0.3) is 11.3 Å². The third-order valence-corrected chi connectivity index (χ3v) is 3.56. The molecule has 0 fully saturated rings. The van der Waals surface area contributed by atoms with Crippen LogP contribution in [0, 0.1) is 34.0 Å². The molecule has 0 aliphatic heterocycles. The Morgan fingerprint density at radius 3 is 2.39 bits per heavy atom. The van der Waals surface area contributed by atoms with Crippen LogP contribution in [0.2, 0.25) is 0 Å². The Morgan fingerprint density at radius 1 is 1.13 bits per heavy atom. The predicted molar refractivity (Wildman–Crippen MR) is 85.3 cm³/mol. The summed E-state index contributed by atoms with van der Waals surface area (Å²) >= 11 is 3.41. The van der Waals surface area contributed by atoms with Crippen molar-refractivity contribution >= 4 is 21.6 Å². The molecule has 7 heteroatoms. The number of allylic oxidation sites excluding steroid dienone is 2. The fourth-order valence-electron chi connectivity index (χ4n) is 1.83. The van der Waals surface area contributed by atoms with Crippen LogP contribution in [-0.2, 0) is 6.61 Å². The minimum Gasteiger partial charge on any atom is -0.459 e. The van der Waals surface area contributed by atoms with Gasteiger partial charge in [-0.3, -0.25) is 0 Å². The molecule has 0 bridgehead atoms. The third-order valence-electron chi connectivity index (χ3n) is 2.91. The van der Waals surface area contributed by atoms with Crippen LogP contribution in [0.4, 0.5) is 5.69 Å². The van der Waals surface area contributed by atoms with Gasteiger partial charge in [0.25, 0.3) is 0 Å². The maximum Gasteiger partial charge on any atom is 0.163 e. The van der Waals surface area contributed by atoms with Crippen molar-refractivity contribution in [2.24, 2.45) is 0 Å². The van der Waals surface area contributed by atoms with Gasteiger partial charge in [-0.05, 0) is 46.3 Å². The van der Waals surface area contributed by atoms with Gasteiger partial charge in [0.05, 0.1) is 0 Å². The molecule has 0 saturated carbocycles. The SMILES string of the molecule is N#CC(C#N)=C(C#N)Nc1ccc(-c2ccc(CO)o2)c(Br)c1. The number of hydrogen-bond donors (Lipinski definition) is 2. The number of halogens is 1. The standard InChI is InChI=1S/C16H9BrN4O2/c17-14-5-11(21-15(8-20)10(6-18)7-19)1-3-13(14)16-4-2-12(9-22)23-16/h1-5,21-22H,9H2. The Morgan fingerprint density at radius 2 is 1.87 bits per heavy atom. The molecule has 0 spiro atoms. The van der Waals surface area contributed by atoms with Crippen LogP contribution in [0.15, 0.2) is 50.5 Å². The molecule has 1 heterocycles. The van der Waals surface area contributed by atoms with Crippen molar-refractivity contribution in [1.82, 2.24) is 0 Å². The first-order valence-electron chi connectivity index (χ1n) is 6.34. The molecule has 2 aromatic rings. The Balaban J connectivity index is 2.34. The second kappa shape index (κ2) is 7.29. The van der Waals surface area contributed by atoms with E-state index < -0.39 is 0 Å². The van der Waals surface area contributed by atoms with Gasteiger partial charge in [0.1, 0.15) is 42.0 Å². The van der Waals surface area contributed by atoms with Crippen LogP contribution < -0.4 is 5.32 Å². The van der Waals surface area contributed by atoms with Gasteiger partial charge in [-0.2, -0.15) is 15.8 Å². The summed E-state index contributed by atoms with van der Waals surface area (Å²) < 4.78 is 6.16. The van der Waals surface area contributed by atoms with Crippen molar-refractivity contribution in [1.29, 1.82) is 15.8 Å². The second-order valence-corrected chi connectivity index (χ2v) is 5.18. The maximum absolute atomic E-state index is 9.03. The number of hydrogen-bond acceptors (Lipinski definition) is 6. The highest BCUT2D eigenvalue weighted by Gasteiger charge is 2.11. The molecule has 23 heavy (non-hydrogen) atoms. The minimum absolute atomic E-state index is 0.116. The van der Waals surface area contributed by atoms with E-state index in [2.05, 4.69) is 21.2 Å². The summed E-state index contributed by atoms with van der Waals surface area (Å²) in [4.78, 5) is 0. The van der Waals surface area contributed by atoms with E-state index in [1.54, 1.807) is 48.5 Å². The van der Waals surface area contributed by atoms with Crippen molar-refractivity contribution in [3.63, 3.8) is 0 Å². The number of aliphatic hydroxyl groups is 1. The highest BCUT2D eigenvalue weighted by atomic mass is 79.9. The van der Waals surface area contributed by atoms with Crippen molar-refractivity contribution in [3.05, 3.63) is 51.8 Å². The average molecular weight is 369 g/mol. The Kier molecular flexibility index (Phi) is 5.17. The zero-order valence-electron chi connectivity index (χ0n) is 11.7. The molecule has 6 nitrogen and oxygen atoms in total. The van der Waals surface area contributed by atoms with E-state index in [0.29, 0.717) is 21.7 Å². The van der Waals surface area contributed by atoms with Crippen molar-refractivity contribution in [2.45, 2.75) is 6.61 Å². The number of aliphatic hydroxyl groups excluding tert-OH is 1. The molecule has 0 aliphatic carbocycles. The number of nitriles is 3. The zero-order valence-corrected chi connectivity index (χ0v) is 13.3. The molecule has 112 valence electrons. The van der Waals surface area contributed by atoms with Gasteiger partial charge in [-0.25, -0.2) is 0 Å². The van der Waals surface area contributed by atoms with Gasteiger partial charge in [-0.1, -0.05) is 0 Å². The first kappa shape index (κ1) is 16.3. The Bertz CT molecular complexity index is 878. The molecular weight excluding hydrogens is 360 g/mol. The molecule has 0 atom stereocenters. The van der Waals surface area contributed by atoms with E-state index >= 15 is 0 Å². The van der Waals surface area contributed by atoms with Crippen LogP contribution in [-0.4, -0.2) is 5.11 Å². The fraction of sp³-hybridized carbons (Fsp3) is 0.0625. The van der Waals surface area contributed by atoms with E-state index in [1.807, 2.05) is 0 Å². The van der Waals surface area contributed by atoms with Crippen LogP contribution in [0.1, 0.15) is 5.76 Å². The summed E-state index contributed by atoms with van der Waals surface area (Å²) in [5.74, 6) is 1.04. The highest BCUT2D eigenvalue weighted by molar-refractivity contribution is 9.10. The van der Waals surface area contributed by atoms with E-state index in [9.17, 15) is 0 Å². The average Bonchev–Trinajstić information content (AvgIpc) is 3.03. The van der Waals surface area contributed by atoms with Crippen molar-refractivity contribution in [2.75, 3.05) is 5.32 Å². The van der Waals surface area contributed by atoms with Crippen LogP contribution >= 0.6 is 15.9 Å². The quantitative estimate of drug-likeness (QED) is 0.798. The van der Waals surface area contributed by atoms with Gasteiger partial charge in [0, 0.05) is 15.7 Å². The molecule has 1 aromatic heterocycles. The van der Waals surface area contributed by atoms with Crippen LogP contribution in [0.3, 0.4) is 0 Å². The molecule has 0 saturated heterocycles. The van der Waals surface area contributed by atoms with Gasteiger partial charge >= 0.3 is 0 Å². The number of nitrogens with one attached hydrogen (secondary N) is 1. The van der Waals surface area contributed by atoms with Gasteiger partial charge in [0.15, 0.2) is 5.57 Å². The van der Waals surface area contributed by atoms with E-state index in [4.69, 9.17) is 25.3 Å². The summed E-state index contributed by atoms with van der Waals surface area (Å²) in [6, 6.07) is 13.7. The summed E-state index contributed by atoms with van der Waals surface area (Å²) in [6.45, 7) is -0.182. The summed E-state index contributed by atoms with van der Waals surface area (Å²) in [7, 11) is 0. The van der Waals surface area contributed by atoms with Crippen molar-refractivity contribution < 1.29 is 9.52 Å². The lowest BCUT2D eigenvalue weighted by molar-refractivity contribution is 0.248. The first-order valence-corrected chi connectivity index (χ1v) is 7.13. The molecule has 0 unspecified atom stereocenters. The number of rotatable bonds is 4. The summed E-state index contributed by atoms with van der Waals surface area (Å²) in [5.41, 5.74) is 0.897. The molecule has 0 radical (unpaired) electrons. The zero-order chi connectivity index (χ0) is 16.8. The van der Waals surface area contributed by atoms with Crippen molar-refractivity contribution in [3.8, 4) is 29.5 Å². The predicted octanol–water partition coefficient (Wildman–Crippen LogP) is 3.44. The number of nitrogens with zero attached hydrogens (tertiary/aromatic N) is 3. The smallest absolute Gasteiger partial charge is 0.163 e. The minimum atomic E-state index is -0.286. The third kappa shape index (κ3) is 3.59. The molecule has 1 aromatic carbocycles. The molecular formula is C16H9BrN4O2.